The van der Waals surface area contributed by atoms with Crippen molar-refractivity contribution in [3.63, 3.8) is 0 Å². The normalized spacial score (nSPS) is 24.2. The van der Waals surface area contributed by atoms with E-state index in [9.17, 15) is 4.79 Å². The number of nitrogens with two attached hydrogens (primary N) is 1. The van der Waals surface area contributed by atoms with Crippen LogP contribution in [0.15, 0.2) is 18.2 Å². The standard InChI is InChI=1S/C14H20N2O2/c1-9-8-10(4-6-12(9)18-3)14-11(15)5-7-13(17)16(14)2/h4,6,8,11,14H,5,7,15H2,1-3H3. The second kappa shape index (κ2) is 4.98. The molecule has 2 N–H and O–H groups in total. The van der Waals surface area contributed by atoms with Crippen LogP contribution in [0.1, 0.15) is 30.0 Å². The molecule has 18 heavy (non-hydrogen) atoms. The summed E-state index contributed by atoms with van der Waals surface area (Å²) in [6.45, 7) is 2.00. The minimum absolute atomic E-state index is 0.000458. The molecule has 1 aliphatic rings. The van der Waals surface area contributed by atoms with Crippen LogP contribution in [-0.4, -0.2) is 31.0 Å². The molecule has 0 bridgehead atoms. The average Bonchev–Trinajstić information content (AvgIpc) is 2.35. The fourth-order valence-electron chi connectivity index (χ4n) is 2.62. The summed E-state index contributed by atoms with van der Waals surface area (Å²) in [6.07, 6.45) is 1.29. The molecule has 2 atom stereocenters. The van der Waals surface area contributed by atoms with Gasteiger partial charge in [0.1, 0.15) is 5.75 Å². The van der Waals surface area contributed by atoms with E-state index >= 15 is 0 Å². The number of benzene rings is 1. The van der Waals surface area contributed by atoms with Crippen molar-refractivity contribution in [3.8, 4) is 5.75 Å². The van der Waals surface area contributed by atoms with Crippen molar-refractivity contribution in [1.29, 1.82) is 0 Å². The van der Waals surface area contributed by atoms with Crippen molar-refractivity contribution in [2.45, 2.75) is 31.8 Å². The first kappa shape index (κ1) is 12.9. The molecule has 1 saturated heterocycles. The number of methoxy groups -OCH3 is 1. The Morgan fingerprint density at radius 3 is 2.78 bits per heavy atom. The molecule has 0 saturated carbocycles. The number of carbonyl (C=O) groups is 1. The molecule has 1 amide bonds. The zero-order valence-electron chi connectivity index (χ0n) is 11.1. The Morgan fingerprint density at radius 2 is 2.17 bits per heavy atom. The van der Waals surface area contributed by atoms with E-state index in [2.05, 4.69) is 6.07 Å². The van der Waals surface area contributed by atoms with E-state index in [0.29, 0.717) is 6.42 Å². The van der Waals surface area contributed by atoms with E-state index < -0.39 is 0 Å². The maximum Gasteiger partial charge on any atom is 0.222 e. The molecule has 1 heterocycles. The Labute approximate surface area is 108 Å². The largest absolute Gasteiger partial charge is 0.496 e. The summed E-state index contributed by atoms with van der Waals surface area (Å²) in [7, 11) is 3.48. The van der Waals surface area contributed by atoms with Gasteiger partial charge in [-0.25, -0.2) is 0 Å². The van der Waals surface area contributed by atoms with Gasteiger partial charge in [-0.3, -0.25) is 4.79 Å². The molecule has 1 aromatic carbocycles. The van der Waals surface area contributed by atoms with E-state index in [1.165, 1.54) is 0 Å². The average molecular weight is 248 g/mol. The number of hydrogen-bond acceptors (Lipinski definition) is 3. The lowest BCUT2D eigenvalue weighted by molar-refractivity contribution is -0.135. The zero-order chi connectivity index (χ0) is 13.3. The Kier molecular flexibility index (Phi) is 3.57. The molecular weight excluding hydrogens is 228 g/mol. The lowest BCUT2D eigenvalue weighted by Gasteiger charge is -2.37. The molecular formula is C14H20N2O2. The third kappa shape index (κ3) is 2.20. The molecule has 98 valence electrons. The number of aryl methyl sites for hydroxylation is 1. The minimum Gasteiger partial charge on any atom is -0.496 e. The molecule has 0 radical (unpaired) electrons. The summed E-state index contributed by atoms with van der Waals surface area (Å²) in [4.78, 5) is 13.5. The van der Waals surface area contributed by atoms with Gasteiger partial charge in [-0.15, -0.1) is 0 Å². The van der Waals surface area contributed by atoms with Crippen LogP contribution in [0.4, 0.5) is 0 Å². The van der Waals surface area contributed by atoms with E-state index in [-0.39, 0.29) is 18.0 Å². The summed E-state index contributed by atoms with van der Waals surface area (Å²) in [5, 5.41) is 0. The van der Waals surface area contributed by atoms with Crippen LogP contribution in [0.3, 0.4) is 0 Å². The molecule has 0 spiro atoms. The predicted octanol–water partition coefficient (Wildman–Crippen LogP) is 1.62. The Morgan fingerprint density at radius 1 is 1.44 bits per heavy atom. The first-order chi connectivity index (χ1) is 8.54. The summed E-state index contributed by atoms with van der Waals surface area (Å²) >= 11 is 0. The van der Waals surface area contributed by atoms with Crippen molar-refractivity contribution in [2.24, 2.45) is 5.73 Å². The Bertz CT molecular complexity index is 459. The molecule has 2 rings (SSSR count). The molecule has 4 heteroatoms. The number of rotatable bonds is 2. The van der Waals surface area contributed by atoms with Gasteiger partial charge in [0.25, 0.3) is 0 Å². The van der Waals surface area contributed by atoms with E-state index in [1.807, 2.05) is 26.1 Å². The van der Waals surface area contributed by atoms with Crippen molar-refractivity contribution >= 4 is 5.91 Å². The number of nitrogens with zero attached hydrogens (tertiary/aromatic N) is 1. The summed E-state index contributed by atoms with van der Waals surface area (Å²) in [5.41, 5.74) is 8.30. The van der Waals surface area contributed by atoms with E-state index in [4.69, 9.17) is 10.5 Å². The predicted molar refractivity (Wildman–Crippen MR) is 70.5 cm³/mol. The van der Waals surface area contributed by atoms with Gasteiger partial charge in [0.2, 0.25) is 5.91 Å². The third-order valence-corrected chi connectivity index (χ3v) is 3.67. The molecule has 0 aromatic heterocycles. The maximum atomic E-state index is 11.8. The van der Waals surface area contributed by atoms with Crippen LogP contribution in [0, 0.1) is 6.92 Å². The minimum atomic E-state index is -0.0316. The van der Waals surface area contributed by atoms with Crippen LogP contribution in [0.5, 0.6) is 5.75 Å². The number of likely N-dealkylation sites (N-methyl/N-ethyl adjacent to an activating group) is 1. The lowest BCUT2D eigenvalue weighted by atomic mass is 9.90. The monoisotopic (exact) mass is 248 g/mol. The highest BCUT2D eigenvalue weighted by atomic mass is 16.5. The van der Waals surface area contributed by atoms with Gasteiger partial charge < -0.3 is 15.4 Å². The van der Waals surface area contributed by atoms with Crippen molar-refractivity contribution in [1.82, 2.24) is 4.90 Å². The van der Waals surface area contributed by atoms with Gasteiger partial charge in [0.15, 0.2) is 0 Å². The Balaban J connectivity index is 2.34. The van der Waals surface area contributed by atoms with Crippen molar-refractivity contribution in [3.05, 3.63) is 29.3 Å². The number of piperidine rings is 1. The first-order valence-corrected chi connectivity index (χ1v) is 6.20. The second-order valence-electron chi connectivity index (χ2n) is 4.88. The zero-order valence-corrected chi connectivity index (χ0v) is 11.1. The summed E-state index contributed by atoms with van der Waals surface area (Å²) < 4.78 is 5.25. The maximum absolute atomic E-state index is 11.8. The lowest BCUT2D eigenvalue weighted by Crippen LogP contribution is -2.46. The number of ether oxygens (including phenoxy) is 1. The van der Waals surface area contributed by atoms with Gasteiger partial charge in [0.05, 0.1) is 13.2 Å². The smallest absolute Gasteiger partial charge is 0.222 e. The van der Waals surface area contributed by atoms with Crippen LogP contribution in [0.2, 0.25) is 0 Å². The second-order valence-corrected chi connectivity index (χ2v) is 4.88. The third-order valence-electron chi connectivity index (χ3n) is 3.67. The topological polar surface area (TPSA) is 55.6 Å². The van der Waals surface area contributed by atoms with Gasteiger partial charge >= 0.3 is 0 Å². The fraction of sp³-hybridized carbons (Fsp3) is 0.500. The number of likely N-dealkylation sites (tertiary alicyclic amines) is 1. The fourth-order valence-corrected chi connectivity index (χ4v) is 2.62. The SMILES string of the molecule is COc1ccc(C2C(N)CCC(=O)N2C)cc1C. The van der Waals surface area contributed by atoms with Gasteiger partial charge in [-0.05, 0) is 30.5 Å². The Hall–Kier alpha value is -1.55. The molecule has 1 fully saturated rings. The molecule has 1 aliphatic heterocycles. The van der Waals surface area contributed by atoms with E-state index in [1.54, 1.807) is 12.0 Å². The van der Waals surface area contributed by atoms with Crippen molar-refractivity contribution in [2.75, 3.05) is 14.2 Å². The molecule has 1 aromatic rings. The van der Waals surface area contributed by atoms with Gasteiger partial charge in [0, 0.05) is 19.5 Å². The number of hydrogen-bond donors (Lipinski definition) is 1. The van der Waals surface area contributed by atoms with Gasteiger partial charge in [-0.2, -0.15) is 0 Å². The molecule has 0 aliphatic carbocycles. The summed E-state index contributed by atoms with van der Waals surface area (Å²) in [6, 6.07) is 5.95. The van der Waals surface area contributed by atoms with Crippen LogP contribution in [0.25, 0.3) is 0 Å². The molecule has 4 nitrogen and oxygen atoms in total. The molecule has 2 unspecified atom stereocenters. The van der Waals surface area contributed by atoms with Crippen LogP contribution in [-0.2, 0) is 4.79 Å². The van der Waals surface area contributed by atoms with Crippen LogP contribution < -0.4 is 10.5 Å². The van der Waals surface area contributed by atoms with Gasteiger partial charge in [-0.1, -0.05) is 12.1 Å². The number of amides is 1. The highest BCUT2D eigenvalue weighted by Gasteiger charge is 2.32. The highest BCUT2D eigenvalue weighted by Crippen LogP contribution is 2.31. The van der Waals surface area contributed by atoms with E-state index in [0.717, 1.165) is 23.3 Å². The summed E-state index contributed by atoms with van der Waals surface area (Å²) in [5.74, 6) is 1.02. The highest BCUT2D eigenvalue weighted by molar-refractivity contribution is 5.77. The first-order valence-electron chi connectivity index (χ1n) is 6.20. The van der Waals surface area contributed by atoms with Crippen molar-refractivity contribution < 1.29 is 9.53 Å². The van der Waals surface area contributed by atoms with Crippen LogP contribution >= 0.6 is 0 Å². The number of carbonyl (C=O) groups excluding carboxylic acids is 1. The quantitative estimate of drug-likeness (QED) is 0.865.